The topological polar surface area (TPSA) is 29.5 Å². The minimum Gasteiger partial charge on any atom is -0.368 e. The minimum atomic E-state index is -0.553. The van der Waals surface area contributed by atoms with Gasteiger partial charge in [0.05, 0.1) is 0 Å². The Morgan fingerprint density at radius 2 is 1.87 bits per heavy atom. The number of ether oxygens (including phenoxy) is 1. The van der Waals surface area contributed by atoms with E-state index in [4.69, 9.17) is 4.74 Å². The highest BCUT2D eigenvalue weighted by molar-refractivity contribution is 4.73. The highest BCUT2D eigenvalue weighted by Crippen LogP contribution is 2.34. The molecule has 2 nitrogen and oxygen atoms in total. The summed E-state index contributed by atoms with van der Waals surface area (Å²) < 4.78 is 4.89. The third-order valence-electron chi connectivity index (χ3n) is 3.90. The van der Waals surface area contributed by atoms with E-state index in [9.17, 15) is 5.11 Å². The van der Waals surface area contributed by atoms with Gasteiger partial charge >= 0.3 is 0 Å². The molecule has 1 fully saturated rings. The van der Waals surface area contributed by atoms with Crippen molar-refractivity contribution in [2.45, 2.75) is 64.6 Å². The molecule has 2 heteroatoms. The summed E-state index contributed by atoms with van der Waals surface area (Å²) in [5.41, 5.74) is 0. The van der Waals surface area contributed by atoms with Crippen molar-refractivity contribution >= 4 is 0 Å². The Labute approximate surface area is 94.0 Å². The first kappa shape index (κ1) is 13.0. The quantitative estimate of drug-likeness (QED) is 0.687. The zero-order chi connectivity index (χ0) is 11.1. The molecular weight excluding hydrogens is 188 g/mol. The SMILES string of the molecule is CCC(CCC(O)OC)C1CCCCC1. The lowest BCUT2D eigenvalue weighted by atomic mass is 9.77. The highest BCUT2D eigenvalue weighted by Gasteiger charge is 2.22. The molecule has 1 rings (SSSR count). The molecule has 0 amide bonds. The van der Waals surface area contributed by atoms with Crippen LogP contribution < -0.4 is 0 Å². The van der Waals surface area contributed by atoms with Crippen molar-refractivity contribution in [3.8, 4) is 0 Å². The second-order valence-corrected chi connectivity index (χ2v) is 4.83. The molecule has 0 aromatic carbocycles. The van der Waals surface area contributed by atoms with Crippen LogP contribution in [0.3, 0.4) is 0 Å². The zero-order valence-corrected chi connectivity index (χ0v) is 10.2. The summed E-state index contributed by atoms with van der Waals surface area (Å²) in [6, 6.07) is 0. The van der Waals surface area contributed by atoms with Gasteiger partial charge in [-0.05, 0) is 24.7 Å². The lowest BCUT2D eigenvalue weighted by molar-refractivity contribution is -0.0825. The Kier molecular flexibility index (Phi) is 6.26. The van der Waals surface area contributed by atoms with Crippen LogP contribution >= 0.6 is 0 Å². The van der Waals surface area contributed by atoms with Gasteiger partial charge in [-0.25, -0.2) is 0 Å². The van der Waals surface area contributed by atoms with Crippen LogP contribution in [0.25, 0.3) is 0 Å². The standard InChI is InChI=1S/C13H26O2/c1-3-11(9-10-13(14)15-2)12-7-5-4-6-8-12/h11-14H,3-10H2,1-2H3. The second-order valence-electron chi connectivity index (χ2n) is 4.83. The van der Waals surface area contributed by atoms with Gasteiger partial charge in [0.1, 0.15) is 0 Å². The average molecular weight is 214 g/mol. The molecule has 2 atom stereocenters. The fourth-order valence-electron chi connectivity index (χ4n) is 2.85. The Morgan fingerprint density at radius 1 is 1.20 bits per heavy atom. The summed E-state index contributed by atoms with van der Waals surface area (Å²) in [5, 5.41) is 9.38. The third-order valence-corrected chi connectivity index (χ3v) is 3.90. The number of rotatable bonds is 6. The molecule has 1 aliphatic rings. The maximum absolute atomic E-state index is 9.38. The summed E-state index contributed by atoms with van der Waals surface area (Å²) in [7, 11) is 1.58. The number of aliphatic hydroxyl groups is 1. The fourth-order valence-corrected chi connectivity index (χ4v) is 2.85. The van der Waals surface area contributed by atoms with Crippen molar-refractivity contribution in [3.63, 3.8) is 0 Å². The van der Waals surface area contributed by atoms with Crippen LogP contribution in [0.2, 0.25) is 0 Å². The maximum atomic E-state index is 9.38. The van der Waals surface area contributed by atoms with Crippen LogP contribution in [0.5, 0.6) is 0 Å². The van der Waals surface area contributed by atoms with E-state index in [0.29, 0.717) is 0 Å². The van der Waals surface area contributed by atoms with Gasteiger partial charge in [-0.1, -0.05) is 45.4 Å². The lowest BCUT2D eigenvalue weighted by Gasteiger charge is -2.30. The van der Waals surface area contributed by atoms with E-state index in [0.717, 1.165) is 24.7 Å². The minimum absolute atomic E-state index is 0.553. The van der Waals surface area contributed by atoms with Crippen LogP contribution in [-0.2, 0) is 4.74 Å². The Hall–Kier alpha value is -0.0800. The molecule has 1 saturated carbocycles. The Morgan fingerprint density at radius 3 is 2.40 bits per heavy atom. The molecule has 2 unspecified atom stereocenters. The van der Waals surface area contributed by atoms with E-state index in [2.05, 4.69) is 6.92 Å². The predicted octanol–water partition coefficient (Wildman–Crippen LogP) is 3.34. The van der Waals surface area contributed by atoms with Gasteiger partial charge in [0.25, 0.3) is 0 Å². The van der Waals surface area contributed by atoms with E-state index in [1.54, 1.807) is 7.11 Å². The normalized spacial score (nSPS) is 22.6. The van der Waals surface area contributed by atoms with Crippen LogP contribution in [-0.4, -0.2) is 18.5 Å². The molecule has 0 aliphatic heterocycles. The van der Waals surface area contributed by atoms with Crippen molar-refractivity contribution in [2.75, 3.05) is 7.11 Å². The summed E-state index contributed by atoms with van der Waals surface area (Å²) in [6.07, 6.45) is 9.67. The number of hydrogen-bond acceptors (Lipinski definition) is 2. The number of methoxy groups -OCH3 is 1. The second kappa shape index (κ2) is 7.24. The largest absolute Gasteiger partial charge is 0.368 e. The fraction of sp³-hybridized carbons (Fsp3) is 1.00. The summed E-state index contributed by atoms with van der Waals surface area (Å²) in [4.78, 5) is 0. The molecule has 0 aromatic heterocycles. The van der Waals surface area contributed by atoms with Crippen LogP contribution in [0.4, 0.5) is 0 Å². The number of hydrogen-bond donors (Lipinski definition) is 1. The first-order valence-electron chi connectivity index (χ1n) is 6.48. The molecule has 15 heavy (non-hydrogen) atoms. The van der Waals surface area contributed by atoms with Crippen LogP contribution in [0.15, 0.2) is 0 Å². The van der Waals surface area contributed by atoms with Crippen LogP contribution in [0, 0.1) is 11.8 Å². The third kappa shape index (κ3) is 4.52. The van der Waals surface area contributed by atoms with Gasteiger partial charge in [-0.2, -0.15) is 0 Å². The maximum Gasteiger partial charge on any atom is 0.154 e. The Balaban J connectivity index is 2.27. The molecule has 0 saturated heterocycles. The molecule has 0 bridgehead atoms. The zero-order valence-electron chi connectivity index (χ0n) is 10.2. The monoisotopic (exact) mass is 214 g/mol. The summed E-state index contributed by atoms with van der Waals surface area (Å²) in [6.45, 7) is 2.28. The predicted molar refractivity (Wildman–Crippen MR) is 62.6 cm³/mol. The average Bonchev–Trinajstić information content (AvgIpc) is 2.31. The molecule has 1 aliphatic carbocycles. The molecule has 0 spiro atoms. The molecule has 90 valence electrons. The first-order valence-corrected chi connectivity index (χ1v) is 6.48. The van der Waals surface area contributed by atoms with Gasteiger partial charge in [0.2, 0.25) is 0 Å². The smallest absolute Gasteiger partial charge is 0.154 e. The van der Waals surface area contributed by atoms with Gasteiger partial charge in [0, 0.05) is 7.11 Å². The summed E-state index contributed by atoms with van der Waals surface area (Å²) in [5.74, 6) is 1.71. The van der Waals surface area contributed by atoms with Gasteiger partial charge in [-0.15, -0.1) is 0 Å². The lowest BCUT2D eigenvalue weighted by Crippen LogP contribution is -2.20. The Bertz CT molecular complexity index is 153. The van der Waals surface area contributed by atoms with E-state index >= 15 is 0 Å². The van der Waals surface area contributed by atoms with E-state index < -0.39 is 6.29 Å². The molecule has 1 N–H and O–H groups in total. The van der Waals surface area contributed by atoms with Gasteiger partial charge < -0.3 is 9.84 Å². The van der Waals surface area contributed by atoms with Crippen molar-refractivity contribution in [1.82, 2.24) is 0 Å². The first-order chi connectivity index (χ1) is 7.27. The molecule has 0 aromatic rings. The van der Waals surface area contributed by atoms with Crippen molar-refractivity contribution in [1.29, 1.82) is 0 Å². The van der Waals surface area contributed by atoms with Gasteiger partial charge in [-0.3, -0.25) is 0 Å². The molecule has 0 heterocycles. The van der Waals surface area contributed by atoms with Crippen molar-refractivity contribution < 1.29 is 9.84 Å². The summed E-state index contributed by atoms with van der Waals surface area (Å²) >= 11 is 0. The highest BCUT2D eigenvalue weighted by atomic mass is 16.6. The van der Waals surface area contributed by atoms with Crippen molar-refractivity contribution in [3.05, 3.63) is 0 Å². The van der Waals surface area contributed by atoms with Gasteiger partial charge in [0.15, 0.2) is 6.29 Å². The van der Waals surface area contributed by atoms with E-state index in [1.165, 1.54) is 38.5 Å². The molecule has 0 radical (unpaired) electrons. The van der Waals surface area contributed by atoms with E-state index in [1.807, 2.05) is 0 Å². The van der Waals surface area contributed by atoms with Crippen LogP contribution in [0.1, 0.15) is 58.3 Å². The number of aliphatic hydroxyl groups excluding tert-OH is 1. The van der Waals surface area contributed by atoms with E-state index in [-0.39, 0.29) is 0 Å². The van der Waals surface area contributed by atoms with Crippen molar-refractivity contribution in [2.24, 2.45) is 11.8 Å². The molecular formula is C13H26O2.